The van der Waals surface area contributed by atoms with Crippen molar-refractivity contribution in [3.63, 3.8) is 0 Å². The second-order valence-corrected chi connectivity index (χ2v) is 5.81. The topological polar surface area (TPSA) is 27.3 Å². The van der Waals surface area contributed by atoms with E-state index >= 15 is 0 Å². The molecule has 2 aliphatic heterocycles. The maximum atomic E-state index is 3.64. The van der Waals surface area contributed by atoms with Gasteiger partial charge in [-0.25, -0.2) is 0 Å². The largest absolute Gasteiger partial charge is 0.383 e. The van der Waals surface area contributed by atoms with E-state index in [4.69, 9.17) is 0 Å². The smallest absolute Gasteiger partial charge is 0.0386 e. The van der Waals surface area contributed by atoms with Crippen LogP contribution in [-0.4, -0.2) is 37.1 Å². The van der Waals surface area contributed by atoms with Crippen molar-refractivity contribution in [2.24, 2.45) is 0 Å². The van der Waals surface area contributed by atoms with Crippen molar-refractivity contribution in [2.45, 2.75) is 38.3 Å². The fraction of sp³-hybridized carbons (Fsp3) is 0.625. The summed E-state index contributed by atoms with van der Waals surface area (Å²) >= 11 is 0. The van der Waals surface area contributed by atoms with E-state index < -0.39 is 0 Å². The maximum Gasteiger partial charge on any atom is 0.0386 e. The fourth-order valence-electron chi connectivity index (χ4n) is 3.18. The molecule has 2 heterocycles. The average Bonchev–Trinajstić information content (AvgIpc) is 3.10. The van der Waals surface area contributed by atoms with E-state index in [-0.39, 0.29) is 0 Å². The maximum absolute atomic E-state index is 3.64. The quantitative estimate of drug-likeness (QED) is 0.850. The highest BCUT2D eigenvalue weighted by atomic mass is 15.1. The zero-order valence-corrected chi connectivity index (χ0v) is 11.7. The summed E-state index contributed by atoms with van der Waals surface area (Å²) in [5, 5.41) is 7.19. The summed E-state index contributed by atoms with van der Waals surface area (Å²) < 4.78 is 0. The summed E-state index contributed by atoms with van der Waals surface area (Å²) in [7, 11) is 0. The number of para-hydroxylation sites is 1. The zero-order valence-electron chi connectivity index (χ0n) is 11.7. The first kappa shape index (κ1) is 12.9. The molecule has 2 aliphatic rings. The number of likely N-dealkylation sites (tertiary alicyclic amines) is 1. The second kappa shape index (κ2) is 6.40. The van der Waals surface area contributed by atoms with Gasteiger partial charge in [0.15, 0.2) is 0 Å². The molecule has 0 amide bonds. The molecule has 0 aliphatic carbocycles. The highest BCUT2D eigenvalue weighted by molar-refractivity contribution is 5.51. The molecule has 1 aromatic rings. The van der Waals surface area contributed by atoms with Crippen molar-refractivity contribution in [2.75, 3.05) is 31.5 Å². The summed E-state index contributed by atoms with van der Waals surface area (Å²) in [6.07, 6.45) is 5.35. The number of rotatable bonds is 5. The summed E-state index contributed by atoms with van der Waals surface area (Å²) in [6.45, 7) is 5.86. The van der Waals surface area contributed by atoms with Crippen molar-refractivity contribution >= 4 is 5.69 Å². The van der Waals surface area contributed by atoms with Gasteiger partial charge in [0.25, 0.3) is 0 Å². The highest BCUT2D eigenvalue weighted by Gasteiger charge is 2.16. The molecule has 1 atom stereocenters. The molecule has 0 spiro atoms. The van der Waals surface area contributed by atoms with E-state index in [1.807, 2.05) is 0 Å². The van der Waals surface area contributed by atoms with E-state index in [1.54, 1.807) is 0 Å². The van der Waals surface area contributed by atoms with Gasteiger partial charge in [-0.2, -0.15) is 0 Å². The zero-order chi connectivity index (χ0) is 12.9. The van der Waals surface area contributed by atoms with Gasteiger partial charge < -0.3 is 10.6 Å². The molecule has 3 heteroatoms. The van der Waals surface area contributed by atoms with Crippen LogP contribution in [0.1, 0.15) is 31.2 Å². The van der Waals surface area contributed by atoms with Gasteiger partial charge in [0.1, 0.15) is 0 Å². The predicted molar refractivity (Wildman–Crippen MR) is 80.5 cm³/mol. The molecule has 1 unspecified atom stereocenters. The minimum atomic E-state index is 0.653. The molecule has 0 radical (unpaired) electrons. The summed E-state index contributed by atoms with van der Waals surface area (Å²) in [4.78, 5) is 2.56. The van der Waals surface area contributed by atoms with Crippen molar-refractivity contribution in [1.29, 1.82) is 0 Å². The Balaban J connectivity index is 1.59. The summed E-state index contributed by atoms with van der Waals surface area (Å²) in [5.41, 5.74) is 2.77. The van der Waals surface area contributed by atoms with Crippen LogP contribution in [0.5, 0.6) is 0 Å². The van der Waals surface area contributed by atoms with Crippen LogP contribution in [0.25, 0.3) is 0 Å². The standard InChI is InChI=1S/C16H25N3/c1-2-8-16(18-12-15-7-5-9-17-15)14(6-1)13-19-10-3-4-11-19/h1-2,6,8,15,17-18H,3-5,7,9-13H2. The van der Waals surface area contributed by atoms with E-state index in [9.17, 15) is 0 Å². The number of hydrogen-bond donors (Lipinski definition) is 2. The van der Waals surface area contributed by atoms with Crippen molar-refractivity contribution in [3.05, 3.63) is 29.8 Å². The van der Waals surface area contributed by atoms with Crippen LogP contribution in [0.3, 0.4) is 0 Å². The van der Waals surface area contributed by atoms with Crippen LogP contribution in [0.15, 0.2) is 24.3 Å². The van der Waals surface area contributed by atoms with Gasteiger partial charge in [0.05, 0.1) is 0 Å². The summed E-state index contributed by atoms with van der Waals surface area (Å²) in [6, 6.07) is 9.44. The van der Waals surface area contributed by atoms with Crippen LogP contribution >= 0.6 is 0 Å². The molecule has 3 rings (SSSR count). The predicted octanol–water partition coefficient (Wildman–Crippen LogP) is 2.45. The second-order valence-electron chi connectivity index (χ2n) is 5.81. The molecule has 0 saturated carbocycles. The Labute approximate surface area is 116 Å². The van der Waals surface area contributed by atoms with Gasteiger partial charge in [0, 0.05) is 24.8 Å². The summed E-state index contributed by atoms with van der Waals surface area (Å²) in [5.74, 6) is 0. The van der Waals surface area contributed by atoms with Crippen LogP contribution in [0, 0.1) is 0 Å². The first-order valence-electron chi connectivity index (χ1n) is 7.69. The van der Waals surface area contributed by atoms with Crippen LogP contribution in [-0.2, 0) is 6.54 Å². The molecule has 2 fully saturated rings. The van der Waals surface area contributed by atoms with E-state index in [0.717, 1.165) is 13.1 Å². The minimum absolute atomic E-state index is 0.653. The van der Waals surface area contributed by atoms with E-state index in [0.29, 0.717) is 6.04 Å². The van der Waals surface area contributed by atoms with E-state index in [1.165, 1.54) is 56.6 Å². The number of hydrogen-bond acceptors (Lipinski definition) is 3. The molecule has 3 nitrogen and oxygen atoms in total. The normalized spacial score (nSPS) is 23.9. The number of nitrogens with zero attached hydrogens (tertiary/aromatic N) is 1. The Morgan fingerprint density at radius 1 is 1.16 bits per heavy atom. The molecule has 104 valence electrons. The Morgan fingerprint density at radius 2 is 2.00 bits per heavy atom. The van der Waals surface area contributed by atoms with Crippen molar-refractivity contribution in [3.8, 4) is 0 Å². The number of nitrogens with one attached hydrogen (secondary N) is 2. The third kappa shape index (κ3) is 3.48. The molecular formula is C16H25N3. The molecule has 1 aromatic carbocycles. The van der Waals surface area contributed by atoms with Crippen molar-refractivity contribution in [1.82, 2.24) is 10.2 Å². The Kier molecular flexibility index (Phi) is 4.36. The fourth-order valence-corrected chi connectivity index (χ4v) is 3.18. The lowest BCUT2D eigenvalue weighted by atomic mass is 10.1. The first-order valence-corrected chi connectivity index (χ1v) is 7.69. The Morgan fingerprint density at radius 3 is 2.79 bits per heavy atom. The Hall–Kier alpha value is -1.06. The van der Waals surface area contributed by atoms with Crippen molar-refractivity contribution < 1.29 is 0 Å². The molecule has 0 bridgehead atoms. The van der Waals surface area contributed by atoms with Gasteiger partial charge in [-0.05, 0) is 56.9 Å². The van der Waals surface area contributed by atoms with Crippen LogP contribution in [0.2, 0.25) is 0 Å². The monoisotopic (exact) mass is 259 g/mol. The Bertz CT molecular complexity index is 393. The molecule has 19 heavy (non-hydrogen) atoms. The van der Waals surface area contributed by atoms with Crippen LogP contribution < -0.4 is 10.6 Å². The average molecular weight is 259 g/mol. The minimum Gasteiger partial charge on any atom is -0.383 e. The van der Waals surface area contributed by atoms with Crippen LogP contribution in [0.4, 0.5) is 5.69 Å². The first-order chi connectivity index (χ1) is 9.42. The van der Waals surface area contributed by atoms with Gasteiger partial charge in [-0.15, -0.1) is 0 Å². The SMILES string of the molecule is c1ccc(NCC2CCCN2)c(CN2CCCC2)c1. The highest BCUT2D eigenvalue weighted by Crippen LogP contribution is 2.20. The third-order valence-corrected chi connectivity index (χ3v) is 4.31. The number of anilines is 1. The van der Waals surface area contributed by atoms with Gasteiger partial charge >= 0.3 is 0 Å². The van der Waals surface area contributed by atoms with Gasteiger partial charge in [-0.3, -0.25) is 4.90 Å². The molecule has 2 saturated heterocycles. The lowest BCUT2D eigenvalue weighted by molar-refractivity contribution is 0.332. The van der Waals surface area contributed by atoms with E-state index in [2.05, 4.69) is 39.8 Å². The lowest BCUT2D eigenvalue weighted by Crippen LogP contribution is -2.29. The lowest BCUT2D eigenvalue weighted by Gasteiger charge is -2.19. The number of benzene rings is 1. The molecule has 2 N–H and O–H groups in total. The molecule has 0 aromatic heterocycles. The van der Waals surface area contributed by atoms with Gasteiger partial charge in [0.2, 0.25) is 0 Å². The third-order valence-electron chi connectivity index (χ3n) is 4.31. The van der Waals surface area contributed by atoms with Gasteiger partial charge in [-0.1, -0.05) is 18.2 Å². The molecular weight excluding hydrogens is 234 g/mol.